The quantitative estimate of drug-likeness (QED) is 0.142. The van der Waals surface area contributed by atoms with Gasteiger partial charge in [0.2, 0.25) is 0 Å². The fourth-order valence-electron chi connectivity index (χ4n) is 15.5. The molecule has 0 bridgehead atoms. The van der Waals surface area contributed by atoms with Crippen LogP contribution >= 0.6 is 0 Å². The zero-order valence-electron chi connectivity index (χ0n) is 51.5. The summed E-state index contributed by atoms with van der Waals surface area (Å²) in [5.41, 5.74) is 27.4. The van der Waals surface area contributed by atoms with Gasteiger partial charge in [-0.05, 0) is 201 Å². The highest BCUT2D eigenvalue weighted by molar-refractivity contribution is 6.14. The third kappa shape index (κ3) is 8.36. The molecule has 5 nitrogen and oxygen atoms in total. The molecule has 0 unspecified atom stereocenters. The summed E-state index contributed by atoms with van der Waals surface area (Å²) in [4.78, 5) is 0. The molecule has 0 fully saturated rings. The van der Waals surface area contributed by atoms with Crippen LogP contribution in [0, 0.1) is 0 Å². The van der Waals surface area contributed by atoms with Crippen molar-refractivity contribution in [3.8, 4) is 78.4 Å². The summed E-state index contributed by atoms with van der Waals surface area (Å²) in [5.74, 6) is 0. The van der Waals surface area contributed by atoms with Crippen LogP contribution in [0.25, 0.3) is 188 Å². The Hall–Kier alpha value is -12.7. The standard InChI is InChI=1S/C90H56N4O/c1-2-19-67(20-3-1)91-83-29-12-6-24-74(83)78-54-63(38-46-86(78)91)65-50-66(52-70(51-65)94-81-27-10-4-21-71(81)72-22-5-11-28-82(72)94)64-39-47-88-79(55-64)75-25-8-14-31-85(75)93(88)69-43-35-58(36-44-69)57-33-41-68(42-34-57)92-84-30-13-7-23-73(84)77-53-61(37-45-87(77)92)59-17-16-18-60(49-59)62-40-48-90-80(56-62)76-26-9-15-32-89(76)95-90/h1-56H. The number of hydrogen-bond donors (Lipinski definition) is 0. The van der Waals surface area contributed by atoms with Crippen LogP contribution in [0.2, 0.25) is 0 Å². The van der Waals surface area contributed by atoms with Gasteiger partial charge in [-0.1, -0.05) is 194 Å². The van der Waals surface area contributed by atoms with Crippen LogP contribution in [-0.4, -0.2) is 18.3 Å². The highest BCUT2D eigenvalue weighted by Gasteiger charge is 2.21. The number of hydrogen-bond acceptors (Lipinski definition) is 1. The number of rotatable bonds is 9. The van der Waals surface area contributed by atoms with E-state index in [1.807, 2.05) is 12.1 Å². The van der Waals surface area contributed by atoms with Crippen LogP contribution in [0.1, 0.15) is 0 Å². The molecule has 5 aromatic heterocycles. The van der Waals surface area contributed by atoms with Crippen molar-refractivity contribution in [1.82, 2.24) is 18.3 Å². The van der Waals surface area contributed by atoms with E-state index in [9.17, 15) is 0 Å². The third-order valence-electron chi connectivity index (χ3n) is 19.9. The lowest BCUT2D eigenvalue weighted by molar-refractivity contribution is 0.669. The Morgan fingerprint density at radius 1 is 0.147 bits per heavy atom. The van der Waals surface area contributed by atoms with E-state index in [-0.39, 0.29) is 0 Å². The van der Waals surface area contributed by atoms with E-state index in [4.69, 9.17) is 4.42 Å². The van der Waals surface area contributed by atoms with Crippen LogP contribution in [0.3, 0.4) is 0 Å². The summed E-state index contributed by atoms with van der Waals surface area (Å²) in [6.45, 7) is 0. The SMILES string of the molecule is c1ccc(-n2c3ccccc3c3cc(-c4cc(-c5ccc6c(c5)c5ccccc5n6-c5ccc(-c6ccc(-n7c8ccccc8c8cc(-c9cccc(-c%10ccc%11oc%12ccccc%12c%11c%10)c9)ccc87)cc6)cc5)cc(-n5c6ccccc6c6ccccc65)c4)ccc32)cc1. The van der Waals surface area contributed by atoms with Crippen molar-refractivity contribution in [2.75, 3.05) is 0 Å². The molecule has 0 atom stereocenters. The van der Waals surface area contributed by atoms with Gasteiger partial charge < -0.3 is 22.7 Å². The van der Waals surface area contributed by atoms with E-state index in [0.29, 0.717) is 0 Å². The molecule has 20 rings (SSSR count). The Bertz CT molecular complexity index is 6460. The monoisotopic (exact) mass is 1210 g/mol. The van der Waals surface area contributed by atoms with Gasteiger partial charge in [-0.3, -0.25) is 0 Å². The molecule has 0 aliphatic rings. The molecular weight excluding hydrogens is 1150 g/mol. The van der Waals surface area contributed by atoms with Crippen LogP contribution in [0.15, 0.2) is 344 Å². The van der Waals surface area contributed by atoms with E-state index < -0.39 is 0 Å². The van der Waals surface area contributed by atoms with Gasteiger partial charge in [0.1, 0.15) is 11.2 Å². The Kier molecular flexibility index (Phi) is 11.7. The zero-order chi connectivity index (χ0) is 62.2. The molecule has 0 N–H and O–H groups in total. The van der Waals surface area contributed by atoms with Crippen LogP contribution in [0.5, 0.6) is 0 Å². The molecule has 95 heavy (non-hydrogen) atoms. The first-order chi connectivity index (χ1) is 47.1. The molecule has 20 aromatic rings. The van der Waals surface area contributed by atoms with Gasteiger partial charge in [-0.2, -0.15) is 0 Å². The molecule has 0 saturated carbocycles. The predicted octanol–water partition coefficient (Wildman–Crippen LogP) is 24.3. The number of aromatic nitrogens is 4. The fourth-order valence-corrected chi connectivity index (χ4v) is 15.5. The first-order valence-electron chi connectivity index (χ1n) is 32.6. The van der Waals surface area contributed by atoms with Crippen LogP contribution in [-0.2, 0) is 0 Å². The predicted molar refractivity (Wildman–Crippen MR) is 398 cm³/mol. The molecule has 0 radical (unpaired) electrons. The number of fused-ring (bicyclic) bond motifs is 15. The van der Waals surface area contributed by atoms with E-state index in [0.717, 1.165) is 78.0 Å². The Morgan fingerprint density at radius 2 is 0.442 bits per heavy atom. The molecule has 0 aliphatic heterocycles. The molecule has 15 aromatic carbocycles. The van der Waals surface area contributed by atoms with Crippen molar-refractivity contribution in [2.24, 2.45) is 0 Å². The molecule has 5 heteroatoms. The lowest BCUT2D eigenvalue weighted by Gasteiger charge is -2.15. The maximum Gasteiger partial charge on any atom is 0.135 e. The summed E-state index contributed by atoms with van der Waals surface area (Å²) in [7, 11) is 0. The van der Waals surface area contributed by atoms with Crippen LogP contribution < -0.4 is 0 Å². The highest BCUT2D eigenvalue weighted by Crippen LogP contribution is 2.43. The lowest BCUT2D eigenvalue weighted by atomic mass is 9.96. The van der Waals surface area contributed by atoms with Crippen molar-refractivity contribution in [3.63, 3.8) is 0 Å². The Morgan fingerprint density at radius 3 is 0.895 bits per heavy atom. The van der Waals surface area contributed by atoms with Crippen molar-refractivity contribution >= 4 is 109 Å². The van der Waals surface area contributed by atoms with E-state index in [1.165, 1.54) is 110 Å². The van der Waals surface area contributed by atoms with Crippen molar-refractivity contribution < 1.29 is 4.42 Å². The first-order valence-corrected chi connectivity index (χ1v) is 32.6. The van der Waals surface area contributed by atoms with Gasteiger partial charge in [-0.25, -0.2) is 0 Å². The number of para-hydroxylation sites is 7. The normalized spacial score (nSPS) is 12.0. The maximum atomic E-state index is 6.17. The minimum atomic E-state index is 0.907. The highest BCUT2D eigenvalue weighted by atomic mass is 16.3. The molecule has 442 valence electrons. The second-order valence-electron chi connectivity index (χ2n) is 25.2. The average molecular weight is 1210 g/mol. The van der Waals surface area contributed by atoms with Gasteiger partial charge in [0, 0.05) is 76.6 Å². The maximum absolute atomic E-state index is 6.17. The third-order valence-corrected chi connectivity index (χ3v) is 19.9. The molecule has 0 aliphatic carbocycles. The van der Waals surface area contributed by atoms with Crippen molar-refractivity contribution in [2.45, 2.75) is 0 Å². The summed E-state index contributed by atoms with van der Waals surface area (Å²) < 4.78 is 15.8. The van der Waals surface area contributed by atoms with Gasteiger partial charge in [0.15, 0.2) is 0 Å². The largest absolute Gasteiger partial charge is 0.456 e. The molecule has 0 spiro atoms. The van der Waals surface area contributed by atoms with Crippen molar-refractivity contribution in [3.05, 3.63) is 340 Å². The molecule has 0 amide bonds. The Balaban J connectivity index is 0.645. The zero-order valence-corrected chi connectivity index (χ0v) is 51.5. The van der Waals surface area contributed by atoms with Gasteiger partial charge in [0.25, 0.3) is 0 Å². The Labute approximate surface area is 546 Å². The number of benzene rings is 15. The summed E-state index contributed by atoms with van der Waals surface area (Å²) in [6, 6.07) is 125. The van der Waals surface area contributed by atoms with E-state index in [1.54, 1.807) is 0 Å². The minimum Gasteiger partial charge on any atom is -0.456 e. The lowest BCUT2D eigenvalue weighted by Crippen LogP contribution is -1.96. The van der Waals surface area contributed by atoms with Gasteiger partial charge in [-0.15, -0.1) is 0 Å². The number of furan rings is 1. The number of nitrogens with zero attached hydrogens (tertiary/aromatic N) is 4. The summed E-state index contributed by atoms with van der Waals surface area (Å²) in [6.07, 6.45) is 0. The summed E-state index contributed by atoms with van der Waals surface area (Å²) in [5, 5.41) is 12.1. The second-order valence-corrected chi connectivity index (χ2v) is 25.2. The average Bonchev–Trinajstić information content (AvgIpc) is 1.63. The summed E-state index contributed by atoms with van der Waals surface area (Å²) >= 11 is 0. The first kappa shape index (κ1) is 53.0. The fraction of sp³-hybridized carbons (Fsp3) is 0. The van der Waals surface area contributed by atoms with Crippen LogP contribution in [0.4, 0.5) is 0 Å². The van der Waals surface area contributed by atoms with Gasteiger partial charge in [0.05, 0.1) is 44.1 Å². The second kappa shape index (κ2) is 20.9. The molecular formula is C90H56N4O. The molecule has 5 heterocycles. The van der Waals surface area contributed by atoms with E-state index >= 15 is 0 Å². The minimum absolute atomic E-state index is 0.907. The van der Waals surface area contributed by atoms with Crippen molar-refractivity contribution in [1.29, 1.82) is 0 Å². The molecule has 0 saturated heterocycles. The topological polar surface area (TPSA) is 32.9 Å². The smallest absolute Gasteiger partial charge is 0.135 e. The van der Waals surface area contributed by atoms with E-state index in [2.05, 4.69) is 346 Å². The van der Waals surface area contributed by atoms with Gasteiger partial charge >= 0.3 is 0 Å².